The van der Waals surface area contributed by atoms with Gasteiger partial charge in [-0.3, -0.25) is 4.98 Å². The lowest BCUT2D eigenvalue weighted by Gasteiger charge is -2.37. The van der Waals surface area contributed by atoms with E-state index in [4.69, 9.17) is 15.1 Å². The van der Waals surface area contributed by atoms with Crippen LogP contribution in [-0.4, -0.2) is 64.3 Å². The van der Waals surface area contributed by atoms with Crippen molar-refractivity contribution in [3.63, 3.8) is 0 Å². The first kappa shape index (κ1) is 18.8. The monoisotopic (exact) mass is 377 g/mol. The number of para-hydroxylation sites is 1. The summed E-state index contributed by atoms with van der Waals surface area (Å²) in [6.07, 6.45) is 6.62. The third kappa shape index (κ3) is 3.98. The number of pyridine rings is 1. The standard InChI is InChI=1S/C22H27N5O/c1-26(12-5-15-28)18-9-13-27(14-10-18)22-19-7-2-3-8-20(19)24-21(25-22)17-6-4-11-23-16-17/h2-4,6-8,11,16,18,28H,5,9-10,12-15H2,1H3. The first-order valence-electron chi connectivity index (χ1n) is 9.99. The van der Waals surface area contributed by atoms with Crippen molar-refractivity contribution < 1.29 is 5.11 Å². The molecule has 0 spiro atoms. The minimum atomic E-state index is 0.257. The number of aliphatic hydroxyl groups is 1. The summed E-state index contributed by atoms with van der Waals surface area (Å²) < 4.78 is 0. The van der Waals surface area contributed by atoms with Crippen molar-refractivity contribution >= 4 is 16.7 Å². The summed E-state index contributed by atoms with van der Waals surface area (Å²) in [5, 5.41) is 10.2. The third-order valence-electron chi connectivity index (χ3n) is 5.56. The van der Waals surface area contributed by atoms with Crippen LogP contribution >= 0.6 is 0 Å². The smallest absolute Gasteiger partial charge is 0.163 e. The van der Waals surface area contributed by atoms with Crippen LogP contribution in [0.25, 0.3) is 22.3 Å². The van der Waals surface area contributed by atoms with Gasteiger partial charge in [0.1, 0.15) is 5.82 Å². The molecule has 3 aromatic rings. The highest BCUT2D eigenvalue weighted by Gasteiger charge is 2.24. The van der Waals surface area contributed by atoms with Crippen molar-refractivity contribution in [2.45, 2.75) is 25.3 Å². The number of aliphatic hydroxyl groups excluding tert-OH is 1. The molecule has 28 heavy (non-hydrogen) atoms. The molecule has 0 atom stereocenters. The molecule has 2 aromatic heterocycles. The van der Waals surface area contributed by atoms with E-state index in [2.05, 4.69) is 34.0 Å². The highest BCUT2D eigenvalue weighted by Crippen LogP contribution is 2.29. The number of nitrogens with zero attached hydrogens (tertiary/aromatic N) is 5. The maximum absolute atomic E-state index is 9.07. The van der Waals surface area contributed by atoms with Gasteiger partial charge in [0.05, 0.1) is 5.52 Å². The van der Waals surface area contributed by atoms with Crippen LogP contribution in [-0.2, 0) is 0 Å². The molecule has 1 aliphatic heterocycles. The molecule has 1 saturated heterocycles. The van der Waals surface area contributed by atoms with Crippen molar-refractivity contribution in [1.29, 1.82) is 0 Å². The molecule has 0 radical (unpaired) electrons. The largest absolute Gasteiger partial charge is 0.396 e. The second-order valence-corrected chi connectivity index (χ2v) is 7.41. The van der Waals surface area contributed by atoms with E-state index in [9.17, 15) is 0 Å². The lowest BCUT2D eigenvalue weighted by atomic mass is 10.0. The number of hydrogen-bond donors (Lipinski definition) is 1. The van der Waals surface area contributed by atoms with E-state index in [1.54, 1.807) is 6.20 Å². The first-order valence-corrected chi connectivity index (χ1v) is 9.99. The van der Waals surface area contributed by atoms with Crippen molar-refractivity contribution in [2.24, 2.45) is 0 Å². The van der Waals surface area contributed by atoms with Gasteiger partial charge < -0.3 is 14.9 Å². The fourth-order valence-electron chi connectivity index (χ4n) is 3.95. The van der Waals surface area contributed by atoms with Gasteiger partial charge in [0.2, 0.25) is 0 Å². The van der Waals surface area contributed by atoms with Crippen LogP contribution < -0.4 is 4.90 Å². The normalized spacial score (nSPS) is 15.5. The summed E-state index contributed by atoms with van der Waals surface area (Å²) in [7, 11) is 2.16. The Hall–Kier alpha value is -2.57. The maximum atomic E-state index is 9.07. The number of aromatic nitrogens is 3. The summed E-state index contributed by atoms with van der Waals surface area (Å²) >= 11 is 0. The van der Waals surface area contributed by atoms with Crippen LogP contribution in [0, 0.1) is 0 Å². The summed E-state index contributed by atoms with van der Waals surface area (Å²) in [5.74, 6) is 1.74. The number of benzene rings is 1. The highest BCUT2D eigenvalue weighted by atomic mass is 16.3. The second-order valence-electron chi connectivity index (χ2n) is 7.41. The Balaban J connectivity index is 1.60. The molecule has 1 fully saturated rings. The van der Waals surface area contributed by atoms with Gasteiger partial charge >= 0.3 is 0 Å². The first-order chi connectivity index (χ1) is 13.8. The van der Waals surface area contributed by atoms with Crippen molar-refractivity contribution in [1.82, 2.24) is 19.9 Å². The zero-order valence-electron chi connectivity index (χ0n) is 16.3. The molecule has 4 rings (SSSR count). The molecular weight excluding hydrogens is 350 g/mol. The minimum Gasteiger partial charge on any atom is -0.396 e. The van der Waals surface area contributed by atoms with Crippen LogP contribution in [0.15, 0.2) is 48.8 Å². The van der Waals surface area contributed by atoms with Crippen LogP contribution in [0.5, 0.6) is 0 Å². The molecule has 3 heterocycles. The van der Waals surface area contributed by atoms with E-state index in [1.165, 1.54) is 0 Å². The Bertz CT molecular complexity index is 909. The molecule has 0 unspecified atom stereocenters. The van der Waals surface area contributed by atoms with Crippen molar-refractivity contribution in [3.05, 3.63) is 48.8 Å². The molecule has 1 aliphatic rings. The predicted octanol–water partition coefficient (Wildman–Crippen LogP) is 2.97. The quantitative estimate of drug-likeness (QED) is 0.712. The van der Waals surface area contributed by atoms with Gasteiger partial charge in [-0.05, 0) is 50.6 Å². The fraction of sp³-hybridized carbons (Fsp3) is 0.409. The molecule has 1 N–H and O–H groups in total. The topological polar surface area (TPSA) is 65.4 Å². The van der Waals surface area contributed by atoms with Gasteiger partial charge in [-0.2, -0.15) is 0 Å². The molecule has 0 bridgehead atoms. The van der Waals surface area contributed by atoms with Crippen LogP contribution in [0.3, 0.4) is 0 Å². The zero-order chi connectivity index (χ0) is 19.3. The number of hydrogen-bond acceptors (Lipinski definition) is 6. The lowest BCUT2D eigenvalue weighted by molar-refractivity contribution is 0.184. The average Bonchev–Trinajstić information content (AvgIpc) is 2.77. The van der Waals surface area contributed by atoms with Crippen molar-refractivity contribution in [2.75, 3.05) is 38.2 Å². The number of anilines is 1. The van der Waals surface area contributed by atoms with E-state index in [-0.39, 0.29) is 6.61 Å². The Kier molecular flexibility index (Phi) is 5.78. The number of fused-ring (bicyclic) bond motifs is 1. The number of piperidine rings is 1. The molecule has 0 amide bonds. The SMILES string of the molecule is CN(CCCO)C1CCN(c2nc(-c3cccnc3)nc3ccccc23)CC1. The van der Waals surface area contributed by atoms with E-state index < -0.39 is 0 Å². The van der Waals surface area contributed by atoms with Gasteiger partial charge in [-0.25, -0.2) is 9.97 Å². The Morgan fingerprint density at radius 3 is 2.68 bits per heavy atom. The Morgan fingerprint density at radius 1 is 1.11 bits per heavy atom. The summed E-state index contributed by atoms with van der Waals surface area (Å²) in [5.41, 5.74) is 1.90. The summed E-state index contributed by atoms with van der Waals surface area (Å²) in [6, 6.07) is 12.7. The van der Waals surface area contributed by atoms with Crippen molar-refractivity contribution in [3.8, 4) is 11.4 Å². The van der Waals surface area contributed by atoms with Crippen LogP contribution in [0.2, 0.25) is 0 Å². The second kappa shape index (κ2) is 8.63. The minimum absolute atomic E-state index is 0.257. The molecule has 146 valence electrons. The number of rotatable bonds is 6. The van der Waals surface area contributed by atoms with Crippen LogP contribution in [0.1, 0.15) is 19.3 Å². The molecule has 0 saturated carbocycles. The predicted molar refractivity (Wildman–Crippen MR) is 112 cm³/mol. The fourth-order valence-corrected chi connectivity index (χ4v) is 3.95. The molecule has 0 aliphatic carbocycles. The van der Waals surface area contributed by atoms with Gasteiger partial charge in [-0.1, -0.05) is 12.1 Å². The Morgan fingerprint density at radius 2 is 1.93 bits per heavy atom. The maximum Gasteiger partial charge on any atom is 0.163 e. The molecule has 6 heteroatoms. The lowest BCUT2D eigenvalue weighted by Crippen LogP contribution is -2.44. The van der Waals surface area contributed by atoms with Gasteiger partial charge in [0.15, 0.2) is 5.82 Å². The van der Waals surface area contributed by atoms with Gasteiger partial charge in [0.25, 0.3) is 0 Å². The molecular formula is C22H27N5O. The zero-order valence-corrected chi connectivity index (χ0v) is 16.3. The third-order valence-corrected chi connectivity index (χ3v) is 5.56. The van der Waals surface area contributed by atoms with E-state index in [0.29, 0.717) is 6.04 Å². The average molecular weight is 377 g/mol. The van der Waals surface area contributed by atoms with Crippen LogP contribution in [0.4, 0.5) is 5.82 Å². The van der Waals surface area contributed by atoms with Gasteiger partial charge in [0, 0.05) is 55.6 Å². The summed E-state index contributed by atoms with van der Waals surface area (Å²) in [6.45, 7) is 3.15. The molecule has 6 nitrogen and oxygen atoms in total. The van der Waals surface area contributed by atoms with Gasteiger partial charge in [-0.15, -0.1) is 0 Å². The summed E-state index contributed by atoms with van der Waals surface area (Å²) in [4.78, 5) is 18.7. The highest BCUT2D eigenvalue weighted by molar-refractivity contribution is 5.91. The van der Waals surface area contributed by atoms with E-state index in [0.717, 1.165) is 67.0 Å². The van der Waals surface area contributed by atoms with E-state index in [1.807, 2.05) is 30.5 Å². The van der Waals surface area contributed by atoms with E-state index >= 15 is 0 Å². The Labute approximate surface area is 165 Å². The molecule has 1 aromatic carbocycles.